The molecule has 106 valence electrons. The highest BCUT2D eigenvalue weighted by Gasteiger charge is 2.17. The molecular weight excluding hydrogens is 306 g/mol. The molecule has 0 heterocycles. The average Bonchev–Trinajstić information content (AvgIpc) is 2.50. The zero-order chi connectivity index (χ0) is 15.0. The molecule has 0 fully saturated rings. The van der Waals surface area contributed by atoms with Gasteiger partial charge in [0.15, 0.2) is 0 Å². The van der Waals surface area contributed by atoms with Crippen LogP contribution >= 0.6 is 23.2 Å². The molecule has 0 saturated heterocycles. The first kappa shape index (κ1) is 14.4. The first-order valence-corrected chi connectivity index (χ1v) is 7.46. The molecule has 0 bridgehead atoms. The van der Waals surface area contributed by atoms with Crippen LogP contribution < -0.4 is 0 Å². The van der Waals surface area contributed by atoms with Gasteiger partial charge in [0.05, 0.1) is 5.38 Å². The Morgan fingerprint density at radius 1 is 0.905 bits per heavy atom. The van der Waals surface area contributed by atoms with Gasteiger partial charge in [0.25, 0.3) is 0 Å². The van der Waals surface area contributed by atoms with Gasteiger partial charge in [-0.3, -0.25) is 0 Å². The van der Waals surface area contributed by atoms with Crippen LogP contribution in [0.3, 0.4) is 0 Å². The number of hydrogen-bond donors (Lipinski definition) is 0. The third-order valence-corrected chi connectivity index (χ3v) is 4.40. The van der Waals surface area contributed by atoms with Crippen LogP contribution in [0.15, 0.2) is 54.6 Å². The van der Waals surface area contributed by atoms with Gasteiger partial charge in [-0.05, 0) is 47.2 Å². The molecule has 0 nitrogen and oxygen atoms in total. The fourth-order valence-electron chi connectivity index (χ4n) is 2.56. The normalized spacial score (nSPS) is 12.6. The van der Waals surface area contributed by atoms with Crippen molar-refractivity contribution in [3.63, 3.8) is 0 Å². The summed E-state index contributed by atoms with van der Waals surface area (Å²) in [5.41, 5.74) is 2.90. The summed E-state index contributed by atoms with van der Waals surface area (Å²) in [6, 6.07) is 16.2. The van der Waals surface area contributed by atoms with Gasteiger partial charge in [0.2, 0.25) is 0 Å². The zero-order valence-electron chi connectivity index (χ0n) is 11.4. The third-order valence-electron chi connectivity index (χ3n) is 3.69. The molecule has 0 spiro atoms. The Balaban J connectivity index is 2.20. The van der Waals surface area contributed by atoms with Crippen LogP contribution in [0.4, 0.5) is 4.39 Å². The number of hydrogen-bond acceptors (Lipinski definition) is 0. The lowest BCUT2D eigenvalue weighted by atomic mass is 9.95. The first-order valence-electron chi connectivity index (χ1n) is 6.65. The highest BCUT2D eigenvalue weighted by atomic mass is 35.5. The SMILES string of the molecule is Cc1ccc(Cl)cc1C(Cl)c1ccc(F)c2ccccc12. The molecule has 0 aliphatic carbocycles. The Labute approximate surface area is 133 Å². The van der Waals surface area contributed by atoms with Gasteiger partial charge >= 0.3 is 0 Å². The molecule has 3 aromatic carbocycles. The van der Waals surface area contributed by atoms with Gasteiger partial charge < -0.3 is 0 Å². The molecule has 0 radical (unpaired) electrons. The van der Waals surface area contributed by atoms with Crippen LogP contribution in [0, 0.1) is 12.7 Å². The number of halogens is 3. The molecule has 1 unspecified atom stereocenters. The van der Waals surface area contributed by atoms with Gasteiger partial charge in [-0.25, -0.2) is 4.39 Å². The number of fused-ring (bicyclic) bond motifs is 1. The molecular formula is C18H13Cl2F. The first-order chi connectivity index (χ1) is 10.1. The van der Waals surface area contributed by atoms with Crippen LogP contribution in [0.25, 0.3) is 10.8 Å². The topological polar surface area (TPSA) is 0 Å². The van der Waals surface area contributed by atoms with E-state index in [-0.39, 0.29) is 11.2 Å². The zero-order valence-corrected chi connectivity index (χ0v) is 12.9. The quantitative estimate of drug-likeness (QED) is 0.488. The lowest BCUT2D eigenvalue weighted by Gasteiger charge is -2.16. The van der Waals surface area contributed by atoms with E-state index in [1.54, 1.807) is 12.1 Å². The standard InChI is InChI=1S/C18H13Cl2F/c1-11-6-7-12(19)10-16(11)18(20)15-8-9-17(21)14-5-3-2-4-13(14)15/h2-10,18H,1H3. The number of benzene rings is 3. The van der Waals surface area contributed by atoms with Crippen molar-refractivity contribution in [1.29, 1.82) is 0 Å². The van der Waals surface area contributed by atoms with E-state index in [4.69, 9.17) is 23.2 Å². The summed E-state index contributed by atoms with van der Waals surface area (Å²) < 4.78 is 13.9. The van der Waals surface area contributed by atoms with Crippen LogP contribution in [0.1, 0.15) is 22.1 Å². The van der Waals surface area contributed by atoms with Gasteiger partial charge in [-0.2, -0.15) is 0 Å². The summed E-state index contributed by atoms with van der Waals surface area (Å²) in [5.74, 6) is -0.235. The lowest BCUT2D eigenvalue weighted by molar-refractivity contribution is 0.639. The van der Waals surface area contributed by atoms with Crippen molar-refractivity contribution in [2.75, 3.05) is 0 Å². The Morgan fingerprint density at radius 2 is 1.62 bits per heavy atom. The van der Waals surface area contributed by atoms with Crippen molar-refractivity contribution < 1.29 is 4.39 Å². The number of alkyl halides is 1. The molecule has 0 aliphatic rings. The monoisotopic (exact) mass is 318 g/mol. The number of rotatable bonds is 2. The molecule has 21 heavy (non-hydrogen) atoms. The minimum Gasteiger partial charge on any atom is -0.206 e. The molecule has 0 aliphatic heterocycles. The molecule has 3 rings (SSSR count). The van der Waals surface area contributed by atoms with Gasteiger partial charge in [-0.1, -0.05) is 48.0 Å². The Hall–Kier alpha value is -1.57. The van der Waals surface area contributed by atoms with Crippen LogP contribution in [0.2, 0.25) is 5.02 Å². The summed E-state index contributed by atoms with van der Waals surface area (Å²) in [4.78, 5) is 0. The lowest BCUT2D eigenvalue weighted by Crippen LogP contribution is -1.98. The van der Waals surface area contributed by atoms with E-state index in [0.29, 0.717) is 10.4 Å². The fourth-order valence-corrected chi connectivity index (χ4v) is 3.16. The van der Waals surface area contributed by atoms with Crippen molar-refractivity contribution in [3.05, 3.63) is 82.1 Å². The fraction of sp³-hybridized carbons (Fsp3) is 0.111. The summed E-state index contributed by atoms with van der Waals surface area (Å²) >= 11 is 12.7. The van der Waals surface area contributed by atoms with Gasteiger partial charge in [0.1, 0.15) is 5.82 Å². The smallest absolute Gasteiger partial charge is 0.131 e. The highest BCUT2D eigenvalue weighted by molar-refractivity contribution is 6.31. The van der Waals surface area contributed by atoms with Crippen molar-refractivity contribution in [1.82, 2.24) is 0 Å². The predicted molar refractivity (Wildman–Crippen MR) is 87.8 cm³/mol. The molecule has 0 aromatic heterocycles. The van der Waals surface area contributed by atoms with Gasteiger partial charge in [-0.15, -0.1) is 11.6 Å². The largest absolute Gasteiger partial charge is 0.206 e. The Kier molecular flexibility index (Phi) is 3.88. The number of aryl methyl sites for hydroxylation is 1. The maximum atomic E-state index is 13.9. The van der Waals surface area contributed by atoms with E-state index in [0.717, 1.165) is 22.1 Å². The third kappa shape index (κ3) is 2.64. The summed E-state index contributed by atoms with van der Waals surface area (Å²) in [6.45, 7) is 1.99. The summed E-state index contributed by atoms with van der Waals surface area (Å²) in [7, 11) is 0. The van der Waals surface area contributed by atoms with E-state index in [1.807, 2.05) is 43.3 Å². The summed E-state index contributed by atoms with van der Waals surface area (Å²) in [5, 5.41) is 1.69. The van der Waals surface area contributed by atoms with Crippen molar-refractivity contribution in [2.45, 2.75) is 12.3 Å². The molecule has 1 atom stereocenters. The van der Waals surface area contributed by atoms with E-state index in [2.05, 4.69) is 0 Å². The molecule has 0 saturated carbocycles. The predicted octanol–water partition coefficient (Wildman–Crippen LogP) is 6.27. The molecule has 3 aromatic rings. The summed E-state index contributed by atoms with van der Waals surface area (Å²) in [6.07, 6.45) is 0. The van der Waals surface area contributed by atoms with Gasteiger partial charge in [0, 0.05) is 10.4 Å². The van der Waals surface area contributed by atoms with Crippen LogP contribution in [0.5, 0.6) is 0 Å². The average molecular weight is 319 g/mol. The van der Waals surface area contributed by atoms with Crippen LogP contribution in [-0.2, 0) is 0 Å². The highest BCUT2D eigenvalue weighted by Crippen LogP contribution is 2.37. The minimum atomic E-state index is -0.366. The van der Waals surface area contributed by atoms with Crippen molar-refractivity contribution >= 4 is 34.0 Å². The second-order valence-electron chi connectivity index (χ2n) is 5.05. The van der Waals surface area contributed by atoms with Crippen molar-refractivity contribution in [3.8, 4) is 0 Å². The second kappa shape index (κ2) is 5.67. The maximum Gasteiger partial charge on any atom is 0.131 e. The van der Waals surface area contributed by atoms with Crippen molar-refractivity contribution in [2.24, 2.45) is 0 Å². The minimum absolute atomic E-state index is 0.235. The maximum absolute atomic E-state index is 13.9. The van der Waals surface area contributed by atoms with E-state index < -0.39 is 0 Å². The van der Waals surface area contributed by atoms with Crippen LogP contribution in [-0.4, -0.2) is 0 Å². The molecule has 3 heteroatoms. The van der Waals surface area contributed by atoms with E-state index in [1.165, 1.54) is 6.07 Å². The Morgan fingerprint density at radius 3 is 2.38 bits per heavy atom. The molecule has 0 amide bonds. The Bertz CT molecular complexity index is 811. The van der Waals surface area contributed by atoms with E-state index >= 15 is 0 Å². The van der Waals surface area contributed by atoms with E-state index in [9.17, 15) is 4.39 Å². The molecule has 0 N–H and O–H groups in total. The second-order valence-corrected chi connectivity index (χ2v) is 5.92.